The van der Waals surface area contributed by atoms with E-state index < -0.39 is 5.54 Å². The smallest absolute Gasteiger partial charge is 0.223 e. The first kappa shape index (κ1) is 10.8. The molecule has 0 saturated heterocycles. The van der Waals surface area contributed by atoms with Crippen LogP contribution in [-0.2, 0) is 4.79 Å². The highest BCUT2D eigenvalue weighted by molar-refractivity contribution is 5.94. The maximum absolute atomic E-state index is 11.5. The van der Waals surface area contributed by atoms with E-state index in [-0.39, 0.29) is 17.7 Å². The van der Waals surface area contributed by atoms with E-state index in [4.69, 9.17) is 10.9 Å². The zero-order valence-corrected chi connectivity index (χ0v) is 8.58. The molecule has 0 aromatic rings. The Labute approximate surface area is 83.3 Å². The van der Waals surface area contributed by atoms with Crippen molar-refractivity contribution in [1.29, 1.82) is 0 Å². The molecular formula is C9H17N3O2. The van der Waals surface area contributed by atoms with Crippen LogP contribution in [0, 0.1) is 5.92 Å². The minimum absolute atomic E-state index is 0.000880. The van der Waals surface area contributed by atoms with Crippen molar-refractivity contribution in [3.8, 4) is 0 Å². The molecule has 0 aromatic heterocycles. The summed E-state index contributed by atoms with van der Waals surface area (Å²) in [6.45, 7) is 3.63. The minimum Gasteiger partial charge on any atom is -0.409 e. The molecule has 0 spiro atoms. The van der Waals surface area contributed by atoms with Crippen LogP contribution in [-0.4, -0.2) is 22.5 Å². The summed E-state index contributed by atoms with van der Waals surface area (Å²) >= 11 is 0. The van der Waals surface area contributed by atoms with E-state index in [1.807, 2.05) is 6.92 Å². The minimum atomic E-state index is -0.728. The lowest BCUT2D eigenvalue weighted by Gasteiger charge is -2.27. The van der Waals surface area contributed by atoms with Crippen LogP contribution >= 0.6 is 0 Å². The molecule has 14 heavy (non-hydrogen) atoms. The second-order valence-corrected chi connectivity index (χ2v) is 3.93. The Kier molecular flexibility index (Phi) is 2.98. The van der Waals surface area contributed by atoms with Crippen molar-refractivity contribution in [2.24, 2.45) is 16.8 Å². The van der Waals surface area contributed by atoms with E-state index >= 15 is 0 Å². The van der Waals surface area contributed by atoms with E-state index in [9.17, 15) is 4.79 Å². The number of rotatable bonds is 4. The van der Waals surface area contributed by atoms with Gasteiger partial charge in [0, 0.05) is 5.92 Å². The molecule has 0 aromatic carbocycles. The fourth-order valence-electron chi connectivity index (χ4n) is 1.16. The predicted octanol–water partition coefficient (Wildman–Crippen LogP) is 0.428. The Hall–Kier alpha value is -1.26. The maximum atomic E-state index is 11.5. The van der Waals surface area contributed by atoms with Gasteiger partial charge in [0.2, 0.25) is 5.91 Å². The van der Waals surface area contributed by atoms with Crippen LogP contribution in [0.3, 0.4) is 0 Å². The van der Waals surface area contributed by atoms with Gasteiger partial charge < -0.3 is 16.3 Å². The van der Waals surface area contributed by atoms with Crippen LogP contribution in [0.4, 0.5) is 0 Å². The summed E-state index contributed by atoms with van der Waals surface area (Å²) < 4.78 is 0. The molecule has 1 fully saturated rings. The number of hydrogen-bond acceptors (Lipinski definition) is 3. The van der Waals surface area contributed by atoms with Crippen LogP contribution in [0.15, 0.2) is 5.16 Å². The molecule has 5 nitrogen and oxygen atoms in total. The lowest BCUT2D eigenvalue weighted by Crippen LogP contribution is -2.55. The molecule has 1 aliphatic carbocycles. The van der Waals surface area contributed by atoms with Gasteiger partial charge in [-0.3, -0.25) is 4.79 Å². The Balaban J connectivity index is 2.64. The monoisotopic (exact) mass is 199 g/mol. The van der Waals surface area contributed by atoms with Gasteiger partial charge in [-0.1, -0.05) is 12.1 Å². The van der Waals surface area contributed by atoms with Gasteiger partial charge in [-0.2, -0.15) is 0 Å². The molecule has 1 amide bonds. The summed E-state index contributed by atoms with van der Waals surface area (Å²) in [4.78, 5) is 11.5. The number of amidine groups is 1. The molecule has 1 saturated carbocycles. The van der Waals surface area contributed by atoms with E-state index in [0.717, 1.165) is 12.8 Å². The Morgan fingerprint density at radius 1 is 1.71 bits per heavy atom. The van der Waals surface area contributed by atoms with Gasteiger partial charge in [-0.05, 0) is 26.2 Å². The standard InChI is InChI=1S/C9H17N3O2/c1-3-9(2,8(10)12-14)11-7(13)6-4-5-6/h6,14H,3-5H2,1-2H3,(H2,10,12)(H,11,13). The molecule has 0 radical (unpaired) electrons. The third kappa shape index (κ3) is 2.16. The van der Waals surface area contributed by atoms with Gasteiger partial charge in [-0.15, -0.1) is 0 Å². The van der Waals surface area contributed by atoms with E-state index in [1.165, 1.54) is 0 Å². The molecule has 1 unspecified atom stereocenters. The second-order valence-electron chi connectivity index (χ2n) is 3.93. The van der Waals surface area contributed by atoms with Gasteiger partial charge in [0.05, 0.1) is 5.54 Å². The molecule has 1 rings (SSSR count). The first-order valence-electron chi connectivity index (χ1n) is 4.83. The summed E-state index contributed by atoms with van der Waals surface area (Å²) in [5.41, 5.74) is 4.79. The zero-order valence-electron chi connectivity index (χ0n) is 8.58. The number of nitrogens with zero attached hydrogens (tertiary/aromatic N) is 1. The average Bonchev–Trinajstić information content (AvgIpc) is 2.99. The van der Waals surface area contributed by atoms with Crippen molar-refractivity contribution in [2.45, 2.75) is 38.6 Å². The Morgan fingerprint density at radius 2 is 2.29 bits per heavy atom. The fourth-order valence-corrected chi connectivity index (χ4v) is 1.16. The molecule has 80 valence electrons. The quantitative estimate of drug-likeness (QED) is 0.265. The first-order chi connectivity index (χ1) is 6.53. The molecule has 0 bridgehead atoms. The van der Waals surface area contributed by atoms with Crippen molar-refractivity contribution >= 4 is 11.7 Å². The van der Waals surface area contributed by atoms with E-state index in [2.05, 4.69) is 10.5 Å². The lowest BCUT2D eigenvalue weighted by molar-refractivity contribution is -0.123. The van der Waals surface area contributed by atoms with Crippen molar-refractivity contribution in [3.05, 3.63) is 0 Å². The van der Waals surface area contributed by atoms with Crippen molar-refractivity contribution in [2.75, 3.05) is 0 Å². The van der Waals surface area contributed by atoms with Crippen LogP contribution < -0.4 is 11.1 Å². The third-order valence-electron chi connectivity index (χ3n) is 2.73. The van der Waals surface area contributed by atoms with Crippen LogP contribution in [0.1, 0.15) is 33.1 Å². The summed E-state index contributed by atoms with van der Waals surface area (Å²) in [6.07, 6.45) is 2.49. The largest absolute Gasteiger partial charge is 0.409 e. The number of nitrogens with two attached hydrogens (primary N) is 1. The summed E-state index contributed by atoms with van der Waals surface area (Å²) in [6, 6.07) is 0. The molecule has 0 aliphatic heterocycles. The highest BCUT2D eigenvalue weighted by Crippen LogP contribution is 2.29. The van der Waals surface area contributed by atoms with Gasteiger partial charge in [0.1, 0.15) is 0 Å². The molecule has 1 atom stereocenters. The number of oxime groups is 1. The van der Waals surface area contributed by atoms with Gasteiger partial charge in [0.15, 0.2) is 5.84 Å². The average molecular weight is 199 g/mol. The molecule has 0 heterocycles. The highest BCUT2D eigenvalue weighted by atomic mass is 16.4. The third-order valence-corrected chi connectivity index (χ3v) is 2.73. The fraction of sp³-hybridized carbons (Fsp3) is 0.778. The number of hydrogen-bond donors (Lipinski definition) is 3. The van der Waals surface area contributed by atoms with E-state index in [1.54, 1.807) is 6.92 Å². The first-order valence-corrected chi connectivity index (χ1v) is 4.83. The van der Waals surface area contributed by atoms with Crippen molar-refractivity contribution in [3.63, 3.8) is 0 Å². The summed E-state index contributed by atoms with van der Waals surface area (Å²) in [5, 5.41) is 14.3. The number of amides is 1. The maximum Gasteiger partial charge on any atom is 0.223 e. The topological polar surface area (TPSA) is 87.7 Å². The molecule has 1 aliphatic rings. The van der Waals surface area contributed by atoms with E-state index in [0.29, 0.717) is 6.42 Å². The van der Waals surface area contributed by atoms with Gasteiger partial charge >= 0.3 is 0 Å². The molecule has 4 N–H and O–H groups in total. The Bertz CT molecular complexity index is 261. The molecular weight excluding hydrogens is 182 g/mol. The highest BCUT2D eigenvalue weighted by Gasteiger charge is 2.36. The second kappa shape index (κ2) is 3.86. The predicted molar refractivity (Wildman–Crippen MR) is 53.0 cm³/mol. The van der Waals surface area contributed by atoms with Crippen LogP contribution in [0.25, 0.3) is 0 Å². The summed E-state index contributed by atoms with van der Waals surface area (Å²) in [5.74, 6) is 0.183. The molecule has 5 heteroatoms. The van der Waals surface area contributed by atoms with Crippen LogP contribution in [0.2, 0.25) is 0 Å². The normalized spacial score (nSPS) is 21.4. The van der Waals surface area contributed by atoms with Crippen LogP contribution in [0.5, 0.6) is 0 Å². The lowest BCUT2D eigenvalue weighted by atomic mass is 9.97. The van der Waals surface area contributed by atoms with Crippen molar-refractivity contribution in [1.82, 2.24) is 5.32 Å². The van der Waals surface area contributed by atoms with Crippen molar-refractivity contribution < 1.29 is 10.0 Å². The Morgan fingerprint density at radius 3 is 2.64 bits per heavy atom. The number of nitrogens with one attached hydrogen (secondary N) is 1. The number of carbonyl (C=O) groups is 1. The number of carbonyl (C=O) groups excluding carboxylic acids is 1. The zero-order chi connectivity index (χ0) is 10.8. The SMILES string of the molecule is CCC(C)(NC(=O)C1CC1)/C(N)=N/O. The summed E-state index contributed by atoms with van der Waals surface area (Å²) in [7, 11) is 0. The van der Waals surface area contributed by atoms with Gasteiger partial charge in [-0.25, -0.2) is 0 Å². The van der Waals surface area contributed by atoms with Gasteiger partial charge in [0.25, 0.3) is 0 Å².